The molecule has 1 aromatic heterocycles. The third-order valence-corrected chi connectivity index (χ3v) is 3.84. The van der Waals surface area contributed by atoms with E-state index in [-0.39, 0.29) is 0 Å². The first kappa shape index (κ1) is 13.0. The van der Waals surface area contributed by atoms with E-state index < -0.39 is 0 Å². The molecule has 0 radical (unpaired) electrons. The average molecular weight is 264 g/mol. The lowest BCUT2D eigenvalue weighted by molar-refractivity contribution is 0.613. The predicted octanol–water partition coefficient (Wildman–Crippen LogP) is 4.33. The summed E-state index contributed by atoms with van der Waals surface area (Å²) in [5.74, 6) is 0. The van der Waals surface area contributed by atoms with Gasteiger partial charge in [0.15, 0.2) is 0 Å². The highest BCUT2D eigenvalue weighted by Crippen LogP contribution is 2.26. The van der Waals surface area contributed by atoms with E-state index in [1.54, 1.807) is 0 Å². The Morgan fingerprint density at radius 2 is 2.27 bits per heavy atom. The largest absolute Gasteiger partial charge is 0.305 e. The second kappa shape index (κ2) is 5.90. The highest BCUT2D eigenvalue weighted by atomic mass is 35.5. The molecule has 0 amide bonds. The summed E-state index contributed by atoms with van der Waals surface area (Å²) in [5.41, 5.74) is 2.74. The van der Waals surface area contributed by atoms with E-state index in [9.17, 15) is 0 Å². The molecule has 1 N–H and O–H groups in total. The number of hydrogen-bond donors (Lipinski definition) is 1. The van der Waals surface area contributed by atoms with Crippen molar-refractivity contribution in [2.75, 3.05) is 6.54 Å². The standard InChI is InChI=1S/C11H15Cl2NS/c1-7-4-11(9(3)15-7)8(2)14-6-10(13)5-12/h4-5,8,14H,6H2,1-3H3. The summed E-state index contributed by atoms with van der Waals surface area (Å²) < 4.78 is 0. The normalized spacial score (nSPS) is 14.3. The van der Waals surface area contributed by atoms with Crippen molar-refractivity contribution in [2.45, 2.75) is 26.8 Å². The topological polar surface area (TPSA) is 12.0 Å². The summed E-state index contributed by atoms with van der Waals surface area (Å²) in [7, 11) is 0. The first-order chi connectivity index (χ1) is 7.04. The van der Waals surface area contributed by atoms with Crippen LogP contribution in [0.2, 0.25) is 0 Å². The molecule has 1 unspecified atom stereocenters. The third kappa shape index (κ3) is 3.80. The quantitative estimate of drug-likeness (QED) is 0.853. The van der Waals surface area contributed by atoms with Gasteiger partial charge >= 0.3 is 0 Å². The van der Waals surface area contributed by atoms with Crippen LogP contribution in [0.4, 0.5) is 0 Å². The van der Waals surface area contributed by atoms with Gasteiger partial charge in [-0.2, -0.15) is 0 Å². The summed E-state index contributed by atoms with van der Waals surface area (Å²) in [6.07, 6.45) is 0. The maximum absolute atomic E-state index is 5.81. The van der Waals surface area contributed by atoms with Crippen molar-refractivity contribution in [1.29, 1.82) is 0 Å². The molecule has 0 aliphatic carbocycles. The van der Waals surface area contributed by atoms with Gasteiger partial charge in [-0.1, -0.05) is 23.2 Å². The van der Waals surface area contributed by atoms with Gasteiger partial charge in [0.25, 0.3) is 0 Å². The second-order valence-corrected chi connectivity index (χ2v) is 5.69. The van der Waals surface area contributed by atoms with Gasteiger partial charge in [0.05, 0.1) is 0 Å². The molecule has 84 valence electrons. The molecule has 4 heteroatoms. The van der Waals surface area contributed by atoms with Crippen LogP contribution >= 0.6 is 34.5 Å². The molecule has 1 rings (SSSR count). The van der Waals surface area contributed by atoms with Crippen molar-refractivity contribution in [3.8, 4) is 0 Å². The Bertz CT molecular complexity index is 357. The fourth-order valence-corrected chi connectivity index (χ4v) is 2.66. The second-order valence-electron chi connectivity index (χ2n) is 3.53. The Kier molecular flexibility index (Phi) is 5.13. The van der Waals surface area contributed by atoms with Gasteiger partial charge in [0.1, 0.15) is 0 Å². The van der Waals surface area contributed by atoms with E-state index in [0.717, 1.165) is 0 Å². The Balaban J connectivity index is 2.61. The molecule has 1 nitrogen and oxygen atoms in total. The Morgan fingerprint density at radius 3 is 2.73 bits per heavy atom. The van der Waals surface area contributed by atoms with E-state index in [2.05, 4.69) is 32.2 Å². The van der Waals surface area contributed by atoms with Crippen LogP contribution in [-0.4, -0.2) is 6.54 Å². The number of halogens is 2. The summed E-state index contributed by atoms with van der Waals surface area (Å²) in [6.45, 7) is 7.01. The lowest BCUT2D eigenvalue weighted by Crippen LogP contribution is -2.20. The lowest BCUT2D eigenvalue weighted by Gasteiger charge is -2.13. The minimum Gasteiger partial charge on any atom is -0.305 e. The summed E-state index contributed by atoms with van der Waals surface area (Å²) in [4.78, 5) is 2.70. The third-order valence-electron chi connectivity index (χ3n) is 2.24. The van der Waals surface area contributed by atoms with Crippen molar-refractivity contribution in [2.24, 2.45) is 0 Å². The fourth-order valence-electron chi connectivity index (χ4n) is 1.48. The van der Waals surface area contributed by atoms with Crippen molar-refractivity contribution >= 4 is 34.5 Å². The number of aryl methyl sites for hydroxylation is 2. The molecule has 1 aromatic rings. The van der Waals surface area contributed by atoms with Crippen LogP contribution in [0.1, 0.15) is 28.3 Å². The van der Waals surface area contributed by atoms with E-state index >= 15 is 0 Å². The van der Waals surface area contributed by atoms with Crippen LogP contribution in [0.5, 0.6) is 0 Å². The van der Waals surface area contributed by atoms with Gasteiger partial charge in [0, 0.05) is 32.9 Å². The smallest absolute Gasteiger partial charge is 0.0432 e. The molecule has 0 saturated carbocycles. The Labute approximate surface area is 105 Å². The van der Waals surface area contributed by atoms with Crippen molar-refractivity contribution in [1.82, 2.24) is 5.32 Å². The summed E-state index contributed by atoms with van der Waals surface area (Å²) in [6, 6.07) is 2.52. The van der Waals surface area contributed by atoms with Gasteiger partial charge in [-0.3, -0.25) is 0 Å². The van der Waals surface area contributed by atoms with Crippen LogP contribution in [0, 0.1) is 13.8 Å². The molecule has 0 saturated heterocycles. The molecule has 1 atom stereocenters. The first-order valence-electron chi connectivity index (χ1n) is 4.79. The zero-order chi connectivity index (χ0) is 11.4. The number of rotatable bonds is 4. The Hall–Kier alpha value is -0.0200. The Morgan fingerprint density at radius 1 is 1.60 bits per heavy atom. The van der Waals surface area contributed by atoms with Crippen LogP contribution in [0.3, 0.4) is 0 Å². The molecular formula is C11H15Cl2NS. The molecule has 0 spiro atoms. The molecule has 0 aliphatic heterocycles. The fraction of sp³-hybridized carbons (Fsp3) is 0.455. The molecule has 0 bridgehead atoms. The van der Waals surface area contributed by atoms with Gasteiger partial charge in [0.2, 0.25) is 0 Å². The predicted molar refractivity (Wildman–Crippen MR) is 70.0 cm³/mol. The molecule has 0 fully saturated rings. The summed E-state index contributed by atoms with van der Waals surface area (Å²) >= 11 is 13.1. The van der Waals surface area contributed by atoms with Crippen LogP contribution < -0.4 is 5.32 Å². The van der Waals surface area contributed by atoms with Crippen molar-refractivity contribution in [3.05, 3.63) is 32.0 Å². The van der Waals surface area contributed by atoms with Gasteiger partial charge in [-0.05, 0) is 32.4 Å². The van der Waals surface area contributed by atoms with E-state index in [1.165, 1.54) is 20.9 Å². The average Bonchev–Trinajstić information content (AvgIpc) is 2.53. The van der Waals surface area contributed by atoms with E-state index in [0.29, 0.717) is 17.6 Å². The highest BCUT2D eigenvalue weighted by molar-refractivity contribution is 7.12. The monoisotopic (exact) mass is 263 g/mol. The molecule has 15 heavy (non-hydrogen) atoms. The minimum atomic E-state index is 0.306. The number of thiophene rings is 1. The molecule has 0 aliphatic rings. The molecular weight excluding hydrogens is 249 g/mol. The molecule has 0 aromatic carbocycles. The maximum atomic E-state index is 5.81. The zero-order valence-electron chi connectivity index (χ0n) is 9.10. The number of hydrogen-bond acceptors (Lipinski definition) is 2. The lowest BCUT2D eigenvalue weighted by atomic mass is 10.1. The van der Waals surface area contributed by atoms with Crippen molar-refractivity contribution in [3.63, 3.8) is 0 Å². The minimum absolute atomic E-state index is 0.306. The van der Waals surface area contributed by atoms with E-state index in [4.69, 9.17) is 23.2 Å². The van der Waals surface area contributed by atoms with E-state index in [1.807, 2.05) is 11.3 Å². The first-order valence-corrected chi connectivity index (χ1v) is 6.42. The summed E-state index contributed by atoms with van der Waals surface area (Å²) in [5, 5.41) is 3.96. The van der Waals surface area contributed by atoms with Gasteiger partial charge in [-0.15, -0.1) is 11.3 Å². The zero-order valence-corrected chi connectivity index (χ0v) is 11.4. The molecule has 1 heterocycles. The van der Waals surface area contributed by atoms with Crippen LogP contribution in [0.25, 0.3) is 0 Å². The number of nitrogens with one attached hydrogen (secondary N) is 1. The van der Waals surface area contributed by atoms with Crippen molar-refractivity contribution < 1.29 is 0 Å². The van der Waals surface area contributed by atoms with Crippen LogP contribution in [-0.2, 0) is 0 Å². The van der Waals surface area contributed by atoms with Gasteiger partial charge in [-0.25, -0.2) is 0 Å². The maximum Gasteiger partial charge on any atom is 0.0432 e. The van der Waals surface area contributed by atoms with Crippen LogP contribution in [0.15, 0.2) is 16.6 Å². The SMILES string of the molecule is Cc1cc(C(C)NCC(Cl)=CCl)c(C)s1. The van der Waals surface area contributed by atoms with Gasteiger partial charge < -0.3 is 5.32 Å². The highest BCUT2D eigenvalue weighted by Gasteiger charge is 2.10.